The molecule has 0 aromatic heterocycles. The van der Waals surface area contributed by atoms with E-state index in [2.05, 4.69) is 27.7 Å². The molecule has 2 rings (SSSR count). The molecule has 0 fully saturated rings. The molecule has 8 heteroatoms. The van der Waals surface area contributed by atoms with Crippen molar-refractivity contribution in [2.24, 2.45) is 0 Å². The minimum Gasteiger partial charge on any atom is -0.545 e. The molecule has 0 aliphatic carbocycles. The van der Waals surface area contributed by atoms with Gasteiger partial charge in [-0.3, -0.25) is 0 Å². The van der Waals surface area contributed by atoms with E-state index in [-0.39, 0.29) is 0 Å². The Morgan fingerprint density at radius 3 is 1.37 bits per heavy atom. The van der Waals surface area contributed by atoms with Crippen LogP contribution in [-0.4, -0.2) is 50.1 Å². The summed E-state index contributed by atoms with van der Waals surface area (Å²) in [5, 5.41) is 20.1. The Morgan fingerprint density at radius 2 is 1.03 bits per heavy atom. The molecule has 212 valence electrons. The Kier molecular flexibility index (Phi) is 15.4. The molecule has 0 radical (unpaired) electrons. The number of carbonyl (C=O) groups excluding carboxylic acids is 1. The molecule has 1 N–H and O–H groups in total. The molecular formula is C30H45O6PS. The second kappa shape index (κ2) is 17.4. The third kappa shape index (κ3) is 10.1. The van der Waals surface area contributed by atoms with Gasteiger partial charge in [0, 0.05) is 12.8 Å². The number of rotatable bonds is 16. The predicted octanol–water partition coefficient (Wildman–Crippen LogP) is 6.79. The quantitative estimate of drug-likeness (QED) is 0.225. The van der Waals surface area contributed by atoms with Crippen molar-refractivity contribution in [2.75, 3.05) is 24.6 Å². The van der Waals surface area contributed by atoms with E-state index < -0.39 is 50.0 Å². The highest BCUT2D eigenvalue weighted by atomic mass is 32.2. The SMILES string of the molecule is CCCC[P+](CCCC)(CCCC)CCCC.O=C([O-])c1ccccc1S(=O)(=O)c1ccccc1C(=O)O. The number of carboxylic acids is 2. The third-order valence-corrected chi connectivity index (χ3v) is 13.7. The van der Waals surface area contributed by atoms with Crippen LogP contribution in [0.5, 0.6) is 0 Å². The van der Waals surface area contributed by atoms with E-state index in [0.29, 0.717) is 0 Å². The first kappa shape index (κ1) is 33.8. The maximum atomic E-state index is 12.5. The lowest BCUT2D eigenvalue weighted by Crippen LogP contribution is -2.25. The van der Waals surface area contributed by atoms with E-state index >= 15 is 0 Å². The van der Waals surface area contributed by atoms with Gasteiger partial charge in [0.1, 0.15) is 0 Å². The number of hydrogen-bond donors (Lipinski definition) is 1. The van der Waals surface area contributed by atoms with Crippen molar-refractivity contribution >= 4 is 29.0 Å². The zero-order chi connectivity index (χ0) is 28.6. The van der Waals surface area contributed by atoms with E-state index in [0.717, 1.165) is 24.3 Å². The average Bonchev–Trinajstić information content (AvgIpc) is 2.92. The van der Waals surface area contributed by atoms with Gasteiger partial charge in [0.15, 0.2) is 0 Å². The van der Waals surface area contributed by atoms with Crippen molar-refractivity contribution in [3.8, 4) is 0 Å². The number of aromatic carboxylic acids is 2. The second-order valence-electron chi connectivity index (χ2n) is 9.74. The molecule has 6 nitrogen and oxygen atoms in total. The summed E-state index contributed by atoms with van der Waals surface area (Å²) in [4.78, 5) is 21.2. The second-order valence-corrected chi connectivity index (χ2v) is 16.1. The standard InChI is InChI=1S/C16H36P.C14H10O6S/c1-5-9-13-17(14-10-6-2,15-11-7-3)16-12-8-4;15-13(16)9-5-1-3-7-11(9)21(19,20)12-8-4-2-6-10(12)14(17)18/h5-16H2,1-4H3;1-8H,(H,15,16)(H,17,18)/q+1;/p-1. The van der Waals surface area contributed by atoms with Crippen LogP contribution in [0.4, 0.5) is 0 Å². The van der Waals surface area contributed by atoms with Crippen molar-refractivity contribution < 1.29 is 28.2 Å². The molecule has 0 bridgehead atoms. The van der Waals surface area contributed by atoms with Crippen LogP contribution < -0.4 is 5.11 Å². The van der Waals surface area contributed by atoms with Crippen molar-refractivity contribution in [2.45, 2.75) is 88.9 Å². The summed E-state index contributed by atoms with van der Waals surface area (Å²) in [5.41, 5.74) is -0.941. The normalized spacial score (nSPS) is 11.5. The van der Waals surface area contributed by atoms with Crippen LogP contribution in [0.1, 0.15) is 99.8 Å². The lowest BCUT2D eigenvalue weighted by molar-refractivity contribution is -0.255. The highest BCUT2D eigenvalue weighted by Crippen LogP contribution is 2.61. The van der Waals surface area contributed by atoms with Gasteiger partial charge in [-0.1, -0.05) is 83.7 Å². The van der Waals surface area contributed by atoms with E-state index in [4.69, 9.17) is 5.11 Å². The van der Waals surface area contributed by atoms with Crippen LogP contribution in [0, 0.1) is 0 Å². The average molecular weight is 565 g/mol. The Labute approximate surface area is 230 Å². The van der Waals surface area contributed by atoms with Crippen molar-refractivity contribution in [1.29, 1.82) is 0 Å². The van der Waals surface area contributed by atoms with E-state index in [1.165, 1.54) is 75.6 Å². The number of carbonyl (C=O) groups is 2. The van der Waals surface area contributed by atoms with Crippen LogP contribution >= 0.6 is 7.26 Å². The van der Waals surface area contributed by atoms with Crippen LogP contribution in [0.2, 0.25) is 0 Å². The zero-order valence-electron chi connectivity index (χ0n) is 23.4. The largest absolute Gasteiger partial charge is 0.545 e. The number of sulfone groups is 1. The van der Waals surface area contributed by atoms with Gasteiger partial charge in [-0.15, -0.1) is 0 Å². The van der Waals surface area contributed by atoms with Gasteiger partial charge in [0.25, 0.3) is 0 Å². The van der Waals surface area contributed by atoms with Crippen LogP contribution in [0.15, 0.2) is 58.3 Å². The molecule has 2 aromatic rings. The van der Waals surface area contributed by atoms with Gasteiger partial charge in [-0.25, -0.2) is 13.2 Å². The molecule has 0 saturated carbocycles. The molecular weight excluding hydrogens is 519 g/mol. The van der Waals surface area contributed by atoms with Crippen LogP contribution in [0.25, 0.3) is 0 Å². The lowest BCUT2D eigenvalue weighted by Gasteiger charge is -2.28. The molecule has 0 amide bonds. The number of benzene rings is 2. The molecule has 0 atom stereocenters. The van der Waals surface area contributed by atoms with E-state index in [1.807, 2.05) is 0 Å². The van der Waals surface area contributed by atoms with Gasteiger partial charge < -0.3 is 15.0 Å². The van der Waals surface area contributed by atoms with E-state index in [9.17, 15) is 23.1 Å². The Balaban J connectivity index is 0.000000391. The Morgan fingerprint density at radius 1 is 0.684 bits per heavy atom. The summed E-state index contributed by atoms with van der Waals surface area (Å²) >= 11 is 0. The minimum atomic E-state index is -4.29. The molecule has 2 aromatic carbocycles. The van der Waals surface area contributed by atoms with Crippen molar-refractivity contribution in [1.82, 2.24) is 0 Å². The topological polar surface area (TPSA) is 112 Å². The fourth-order valence-electron chi connectivity index (χ4n) is 4.51. The fraction of sp³-hybridized carbons (Fsp3) is 0.533. The highest BCUT2D eigenvalue weighted by Gasteiger charge is 2.34. The van der Waals surface area contributed by atoms with Crippen molar-refractivity contribution in [3.05, 3.63) is 59.7 Å². The minimum absolute atomic E-state index is 0.425. The zero-order valence-corrected chi connectivity index (χ0v) is 25.2. The van der Waals surface area contributed by atoms with E-state index in [1.54, 1.807) is 24.6 Å². The molecule has 0 unspecified atom stereocenters. The van der Waals surface area contributed by atoms with Gasteiger partial charge >= 0.3 is 5.97 Å². The summed E-state index contributed by atoms with van der Waals surface area (Å²) < 4.78 is 25.1. The molecule has 38 heavy (non-hydrogen) atoms. The fourth-order valence-corrected chi connectivity index (χ4v) is 11.4. The lowest BCUT2D eigenvalue weighted by atomic mass is 10.2. The van der Waals surface area contributed by atoms with Gasteiger partial charge in [-0.05, 0) is 43.9 Å². The molecule has 0 spiro atoms. The Bertz CT molecular complexity index is 1010. The maximum absolute atomic E-state index is 12.5. The first-order chi connectivity index (χ1) is 18.1. The summed E-state index contributed by atoms with van der Waals surface area (Å²) in [6.45, 7) is 9.42. The molecule has 0 saturated heterocycles. The number of unbranched alkanes of at least 4 members (excludes halogenated alkanes) is 4. The monoisotopic (exact) mass is 564 g/mol. The summed E-state index contributed by atoms with van der Waals surface area (Å²) in [6, 6.07) is 9.89. The highest BCUT2D eigenvalue weighted by molar-refractivity contribution is 7.91. The van der Waals surface area contributed by atoms with Crippen LogP contribution in [-0.2, 0) is 9.84 Å². The first-order valence-corrected chi connectivity index (χ1v) is 17.8. The van der Waals surface area contributed by atoms with Crippen LogP contribution in [0.3, 0.4) is 0 Å². The van der Waals surface area contributed by atoms with Gasteiger partial charge in [-0.2, -0.15) is 0 Å². The van der Waals surface area contributed by atoms with Crippen molar-refractivity contribution in [3.63, 3.8) is 0 Å². The smallest absolute Gasteiger partial charge is 0.337 e. The molecule has 0 aliphatic rings. The summed E-state index contributed by atoms with van der Waals surface area (Å²) in [7, 11) is -4.85. The Hall–Kier alpha value is -2.24. The molecule has 0 aliphatic heterocycles. The third-order valence-electron chi connectivity index (χ3n) is 6.75. The predicted molar refractivity (Wildman–Crippen MR) is 156 cm³/mol. The number of hydrogen-bond acceptors (Lipinski definition) is 5. The maximum Gasteiger partial charge on any atom is 0.337 e. The molecule has 0 heterocycles. The van der Waals surface area contributed by atoms with Gasteiger partial charge in [0.2, 0.25) is 9.84 Å². The summed E-state index contributed by atoms with van der Waals surface area (Å²) in [6.07, 6.45) is 17.9. The van der Waals surface area contributed by atoms with Gasteiger partial charge in [0.05, 0.1) is 46.0 Å². The summed E-state index contributed by atoms with van der Waals surface area (Å²) in [5.74, 6) is -3.07. The number of carboxylic acid groups (broad SMARTS) is 2. The first-order valence-electron chi connectivity index (χ1n) is 13.8.